The zero-order valence-corrected chi connectivity index (χ0v) is 9.12. The molecule has 4 nitrogen and oxygen atoms in total. The maximum Gasteiger partial charge on any atom is 0.147 e. The molecule has 0 radical (unpaired) electrons. The van der Waals surface area contributed by atoms with Crippen molar-refractivity contribution in [3.8, 4) is 0 Å². The molecule has 0 aliphatic heterocycles. The maximum atomic E-state index is 4.48. The molecule has 0 amide bonds. The van der Waals surface area contributed by atoms with E-state index in [4.69, 9.17) is 0 Å². The molecule has 78 valence electrons. The van der Waals surface area contributed by atoms with Crippen molar-refractivity contribution in [2.75, 3.05) is 25.0 Å². The second kappa shape index (κ2) is 5.54. The zero-order chi connectivity index (χ0) is 10.4. The van der Waals surface area contributed by atoms with Crippen LogP contribution in [-0.4, -0.2) is 30.1 Å². The lowest BCUT2D eigenvalue weighted by molar-refractivity contribution is 0.705. The lowest BCUT2D eigenvalue weighted by Crippen LogP contribution is -2.19. The van der Waals surface area contributed by atoms with Gasteiger partial charge in [-0.25, -0.2) is 4.98 Å². The number of hydrogen-bond acceptors (Lipinski definition) is 4. The maximum absolute atomic E-state index is 4.48. The molecule has 0 spiro atoms. The van der Waals surface area contributed by atoms with Crippen LogP contribution in [0.4, 0.5) is 5.82 Å². The van der Waals surface area contributed by atoms with Crippen molar-refractivity contribution >= 4 is 5.82 Å². The molecular formula is C10H18N4. The molecule has 1 aromatic heterocycles. The van der Waals surface area contributed by atoms with Crippen LogP contribution in [0.25, 0.3) is 0 Å². The van der Waals surface area contributed by atoms with E-state index < -0.39 is 0 Å². The largest absolute Gasteiger partial charge is 0.359 e. The first-order chi connectivity index (χ1) is 6.77. The first kappa shape index (κ1) is 10.9. The average Bonchev–Trinajstić information content (AvgIpc) is 2.25. The van der Waals surface area contributed by atoms with Gasteiger partial charge in [0.1, 0.15) is 5.82 Å². The van der Waals surface area contributed by atoms with E-state index in [1.54, 1.807) is 12.4 Å². The highest BCUT2D eigenvalue weighted by molar-refractivity contribution is 5.34. The molecule has 0 unspecified atom stereocenters. The van der Waals surface area contributed by atoms with Crippen LogP contribution in [0, 0.1) is 0 Å². The summed E-state index contributed by atoms with van der Waals surface area (Å²) in [4.78, 5) is 10.7. The molecular weight excluding hydrogens is 176 g/mol. The Labute approximate surface area is 85.4 Å². The summed E-state index contributed by atoms with van der Waals surface area (Å²) in [7, 11) is 2.01. The van der Waals surface area contributed by atoms with Crippen LogP contribution in [0.1, 0.15) is 19.5 Å². The summed E-state index contributed by atoms with van der Waals surface area (Å²) in [6.45, 7) is 6.86. The molecule has 0 saturated heterocycles. The van der Waals surface area contributed by atoms with Crippen LogP contribution in [0.15, 0.2) is 12.4 Å². The van der Waals surface area contributed by atoms with Gasteiger partial charge in [-0.05, 0) is 13.5 Å². The van der Waals surface area contributed by atoms with Crippen molar-refractivity contribution in [1.29, 1.82) is 0 Å². The molecule has 0 aliphatic carbocycles. The molecule has 0 atom stereocenters. The van der Waals surface area contributed by atoms with E-state index in [0.717, 1.165) is 31.1 Å². The Morgan fingerprint density at radius 2 is 2.14 bits per heavy atom. The molecule has 1 aromatic rings. The summed E-state index contributed by atoms with van der Waals surface area (Å²) in [6, 6.07) is 0. The van der Waals surface area contributed by atoms with Crippen molar-refractivity contribution in [2.45, 2.75) is 20.4 Å². The Kier molecular flexibility index (Phi) is 4.32. The fraction of sp³-hybridized carbons (Fsp3) is 0.600. The van der Waals surface area contributed by atoms with Gasteiger partial charge < -0.3 is 10.2 Å². The zero-order valence-electron chi connectivity index (χ0n) is 9.12. The van der Waals surface area contributed by atoms with Crippen LogP contribution < -0.4 is 10.2 Å². The smallest absolute Gasteiger partial charge is 0.147 e. The second-order valence-electron chi connectivity index (χ2n) is 3.16. The van der Waals surface area contributed by atoms with Gasteiger partial charge in [0.2, 0.25) is 0 Å². The minimum atomic E-state index is 0.787. The van der Waals surface area contributed by atoms with Crippen molar-refractivity contribution in [1.82, 2.24) is 15.3 Å². The van der Waals surface area contributed by atoms with Crippen LogP contribution in [-0.2, 0) is 6.54 Å². The Balaban J connectivity index is 2.68. The first-order valence-electron chi connectivity index (χ1n) is 5.00. The minimum absolute atomic E-state index is 0.787. The Morgan fingerprint density at radius 1 is 1.36 bits per heavy atom. The highest BCUT2D eigenvalue weighted by Gasteiger charge is 2.01. The second-order valence-corrected chi connectivity index (χ2v) is 3.16. The lowest BCUT2D eigenvalue weighted by atomic mass is 10.4. The average molecular weight is 194 g/mol. The van der Waals surface area contributed by atoms with E-state index >= 15 is 0 Å². The molecule has 4 heteroatoms. The molecule has 0 bridgehead atoms. The third kappa shape index (κ3) is 2.96. The number of nitrogens with one attached hydrogen (secondary N) is 1. The Morgan fingerprint density at radius 3 is 2.79 bits per heavy atom. The fourth-order valence-electron chi connectivity index (χ4n) is 1.08. The van der Waals surface area contributed by atoms with Gasteiger partial charge in [-0.3, -0.25) is 4.98 Å². The number of hydrogen-bond donors (Lipinski definition) is 1. The van der Waals surface area contributed by atoms with E-state index in [9.17, 15) is 0 Å². The highest BCUT2D eigenvalue weighted by atomic mass is 15.2. The van der Waals surface area contributed by atoms with Gasteiger partial charge in [0.05, 0.1) is 11.9 Å². The van der Waals surface area contributed by atoms with Crippen molar-refractivity contribution in [3.05, 3.63) is 18.1 Å². The standard InChI is InChI=1S/C10H18N4/c1-4-11-6-9-7-12-8-10(13-9)14(3)5-2/h7-8,11H,4-6H2,1-3H3. The topological polar surface area (TPSA) is 41.1 Å². The van der Waals surface area contributed by atoms with Gasteiger partial charge in [-0.15, -0.1) is 0 Å². The van der Waals surface area contributed by atoms with Crippen molar-refractivity contribution in [2.24, 2.45) is 0 Å². The molecule has 0 fully saturated rings. The minimum Gasteiger partial charge on any atom is -0.359 e. The number of rotatable bonds is 5. The number of nitrogens with zero attached hydrogens (tertiary/aromatic N) is 3. The monoisotopic (exact) mass is 194 g/mol. The Bertz CT molecular complexity index is 275. The molecule has 0 aliphatic rings. The van der Waals surface area contributed by atoms with E-state index in [1.807, 2.05) is 7.05 Å². The van der Waals surface area contributed by atoms with Crippen molar-refractivity contribution < 1.29 is 0 Å². The van der Waals surface area contributed by atoms with Gasteiger partial charge in [0.25, 0.3) is 0 Å². The predicted octanol–water partition coefficient (Wildman–Crippen LogP) is 1.04. The summed E-state index contributed by atoms with van der Waals surface area (Å²) >= 11 is 0. The SMILES string of the molecule is CCNCc1cncc(N(C)CC)n1. The summed E-state index contributed by atoms with van der Waals surface area (Å²) in [5.41, 5.74) is 0.990. The molecule has 14 heavy (non-hydrogen) atoms. The fourth-order valence-corrected chi connectivity index (χ4v) is 1.08. The van der Waals surface area contributed by atoms with Gasteiger partial charge in [0.15, 0.2) is 0 Å². The molecule has 1 heterocycles. The predicted molar refractivity (Wildman–Crippen MR) is 58.4 cm³/mol. The summed E-state index contributed by atoms with van der Waals surface area (Å²) < 4.78 is 0. The van der Waals surface area contributed by atoms with Crippen LogP contribution >= 0.6 is 0 Å². The third-order valence-corrected chi connectivity index (χ3v) is 2.09. The van der Waals surface area contributed by atoms with E-state index in [2.05, 4.69) is 34.0 Å². The highest BCUT2D eigenvalue weighted by Crippen LogP contribution is 2.06. The summed E-state index contributed by atoms with van der Waals surface area (Å²) in [5, 5.41) is 3.23. The molecule has 1 rings (SSSR count). The third-order valence-electron chi connectivity index (χ3n) is 2.09. The quantitative estimate of drug-likeness (QED) is 0.760. The molecule has 0 saturated carbocycles. The van der Waals surface area contributed by atoms with Crippen LogP contribution in [0.3, 0.4) is 0 Å². The van der Waals surface area contributed by atoms with E-state index in [1.165, 1.54) is 0 Å². The van der Waals surface area contributed by atoms with Crippen molar-refractivity contribution in [3.63, 3.8) is 0 Å². The van der Waals surface area contributed by atoms with Gasteiger partial charge in [0, 0.05) is 26.3 Å². The molecule has 1 N–H and O–H groups in total. The first-order valence-corrected chi connectivity index (χ1v) is 5.00. The van der Waals surface area contributed by atoms with Gasteiger partial charge >= 0.3 is 0 Å². The Hall–Kier alpha value is -1.16. The summed E-state index contributed by atoms with van der Waals surface area (Å²) in [5.74, 6) is 0.933. The summed E-state index contributed by atoms with van der Waals surface area (Å²) in [6.07, 6.45) is 3.59. The number of aromatic nitrogens is 2. The van der Waals surface area contributed by atoms with Gasteiger partial charge in [-0.2, -0.15) is 0 Å². The van der Waals surface area contributed by atoms with E-state index in [0.29, 0.717) is 0 Å². The lowest BCUT2D eigenvalue weighted by Gasteiger charge is -2.15. The van der Waals surface area contributed by atoms with Crippen LogP contribution in [0.5, 0.6) is 0 Å². The molecule has 0 aromatic carbocycles. The van der Waals surface area contributed by atoms with Gasteiger partial charge in [-0.1, -0.05) is 6.92 Å². The normalized spacial score (nSPS) is 10.2. The van der Waals surface area contributed by atoms with Crippen LogP contribution in [0.2, 0.25) is 0 Å². The number of anilines is 1. The van der Waals surface area contributed by atoms with E-state index in [-0.39, 0.29) is 0 Å².